The minimum atomic E-state index is 0.389. The zero-order valence-corrected chi connectivity index (χ0v) is 9.88. The summed E-state index contributed by atoms with van der Waals surface area (Å²) in [5.41, 5.74) is 6.37. The minimum Gasteiger partial charge on any atom is -0.374 e. The van der Waals surface area contributed by atoms with E-state index in [1.54, 1.807) is 6.20 Å². The van der Waals surface area contributed by atoms with Crippen LogP contribution in [0.1, 0.15) is 25.0 Å². The number of hydrogen-bond donors (Lipinski definition) is 1. The smallest absolute Gasteiger partial charge is 0.147 e. The van der Waals surface area contributed by atoms with E-state index in [0.717, 1.165) is 24.7 Å². The molecule has 1 saturated carbocycles. The van der Waals surface area contributed by atoms with Crippen molar-refractivity contribution in [1.82, 2.24) is 9.97 Å². The van der Waals surface area contributed by atoms with Crippen molar-refractivity contribution >= 4 is 5.82 Å². The Morgan fingerprint density at radius 1 is 1.35 bits per heavy atom. The van der Waals surface area contributed by atoms with Crippen LogP contribution in [0.4, 0.5) is 5.82 Å². The normalized spacial score (nSPS) is 28.2. The molecule has 92 valence electrons. The maximum atomic E-state index is 5.79. The number of anilines is 1. The minimum absolute atomic E-state index is 0.389. The molecule has 1 aliphatic heterocycles. The second-order valence-corrected chi connectivity index (χ2v) is 4.67. The Bertz CT molecular complexity index is 381. The van der Waals surface area contributed by atoms with Crippen LogP contribution < -0.4 is 10.6 Å². The van der Waals surface area contributed by atoms with Crippen LogP contribution in [0.15, 0.2) is 12.4 Å². The van der Waals surface area contributed by atoms with E-state index < -0.39 is 0 Å². The first-order valence-corrected chi connectivity index (χ1v) is 6.28. The van der Waals surface area contributed by atoms with Gasteiger partial charge in [0.1, 0.15) is 5.82 Å². The molecule has 2 atom stereocenters. The standard InChI is InChI=1S/C12H18N4O/c13-6-9-7-15-12(8-14-9)16-4-5-17-11-3-1-2-10(11)16/h7-8,10-11H,1-6,13H2. The fourth-order valence-electron chi connectivity index (χ4n) is 2.81. The number of morpholine rings is 1. The van der Waals surface area contributed by atoms with Gasteiger partial charge in [-0.3, -0.25) is 4.98 Å². The summed E-state index contributed by atoms with van der Waals surface area (Å²) in [6, 6.07) is 0.488. The summed E-state index contributed by atoms with van der Waals surface area (Å²) < 4.78 is 5.79. The van der Waals surface area contributed by atoms with E-state index in [1.807, 2.05) is 6.20 Å². The molecular weight excluding hydrogens is 216 g/mol. The molecule has 17 heavy (non-hydrogen) atoms. The van der Waals surface area contributed by atoms with Crippen molar-refractivity contribution in [2.24, 2.45) is 5.73 Å². The first-order chi connectivity index (χ1) is 8.38. The number of aromatic nitrogens is 2. The van der Waals surface area contributed by atoms with Crippen molar-refractivity contribution in [3.8, 4) is 0 Å². The molecule has 5 nitrogen and oxygen atoms in total. The highest BCUT2D eigenvalue weighted by Gasteiger charge is 2.36. The van der Waals surface area contributed by atoms with Gasteiger partial charge in [0.05, 0.1) is 36.8 Å². The van der Waals surface area contributed by atoms with E-state index >= 15 is 0 Å². The van der Waals surface area contributed by atoms with Gasteiger partial charge in [-0.15, -0.1) is 0 Å². The summed E-state index contributed by atoms with van der Waals surface area (Å²) in [7, 11) is 0. The van der Waals surface area contributed by atoms with Crippen LogP contribution in [-0.4, -0.2) is 35.3 Å². The van der Waals surface area contributed by atoms with Crippen molar-refractivity contribution in [3.63, 3.8) is 0 Å². The summed E-state index contributed by atoms with van der Waals surface area (Å²) in [5.74, 6) is 0.961. The quantitative estimate of drug-likeness (QED) is 0.815. The summed E-state index contributed by atoms with van der Waals surface area (Å²) in [5, 5.41) is 0. The Balaban J connectivity index is 1.81. The molecule has 0 aromatic carbocycles. The van der Waals surface area contributed by atoms with Gasteiger partial charge < -0.3 is 15.4 Å². The summed E-state index contributed by atoms with van der Waals surface area (Å²) in [6.07, 6.45) is 7.62. The molecule has 2 unspecified atom stereocenters. The van der Waals surface area contributed by atoms with Crippen LogP contribution >= 0.6 is 0 Å². The lowest BCUT2D eigenvalue weighted by Crippen LogP contribution is -2.49. The summed E-state index contributed by atoms with van der Waals surface area (Å²) in [4.78, 5) is 11.1. The highest BCUT2D eigenvalue weighted by molar-refractivity contribution is 5.39. The topological polar surface area (TPSA) is 64.3 Å². The Labute approximate surface area is 101 Å². The maximum absolute atomic E-state index is 5.79. The molecule has 5 heteroatoms. The van der Waals surface area contributed by atoms with Crippen LogP contribution in [0.25, 0.3) is 0 Å². The average Bonchev–Trinajstić information content (AvgIpc) is 2.87. The van der Waals surface area contributed by atoms with Crippen LogP contribution in [0, 0.1) is 0 Å². The van der Waals surface area contributed by atoms with Crippen molar-refractivity contribution in [3.05, 3.63) is 18.1 Å². The molecule has 2 fully saturated rings. The average molecular weight is 234 g/mol. The predicted octanol–water partition coefficient (Wildman–Crippen LogP) is 0.693. The molecule has 0 amide bonds. The zero-order valence-electron chi connectivity index (χ0n) is 9.88. The summed E-state index contributed by atoms with van der Waals surface area (Å²) in [6.45, 7) is 2.15. The van der Waals surface area contributed by atoms with Gasteiger partial charge in [0.2, 0.25) is 0 Å². The largest absolute Gasteiger partial charge is 0.374 e. The molecule has 1 saturated heterocycles. The third-order valence-corrected chi connectivity index (χ3v) is 3.68. The van der Waals surface area contributed by atoms with E-state index in [1.165, 1.54) is 19.3 Å². The van der Waals surface area contributed by atoms with E-state index in [0.29, 0.717) is 18.7 Å². The predicted molar refractivity (Wildman–Crippen MR) is 64.6 cm³/mol. The van der Waals surface area contributed by atoms with Gasteiger partial charge in [-0.1, -0.05) is 0 Å². The zero-order chi connectivity index (χ0) is 11.7. The fraction of sp³-hybridized carbons (Fsp3) is 0.667. The molecule has 1 aromatic heterocycles. The van der Waals surface area contributed by atoms with Crippen molar-refractivity contribution in [1.29, 1.82) is 0 Å². The number of rotatable bonds is 2. The molecule has 0 radical (unpaired) electrons. The van der Waals surface area contributed by atoms with Gasteiger partial charge in [0, 0.05) is 13.1 Å². The lowest BCUT2D eigenvalue weighted by molar-refractivity contribution is 0.0253. The second-order valence-electron chi connectivity index (χ2n) is 4.67. The van der Waals surface area contributed by atoms with Gasteiger partial charge in [-0.2, -0.15) is 0 Å². The summed E-state index contributed by atoms with van der Waals surface area (Å²) >= 11 is 0. The third kappa shape index (κ3) is 2.00. The highest BCUT2D eigenvalue weighted by atomic mass is 16.5. The first kappa shape index (κ1) is 10.9. The molecule has 0 spiro atoms. The van der Waals surface area contributed by atoms with Gasteiger partial charge >= 0.3 is 0 Å². The molecular formula is C12H18N4O. The molecule has 1 aliphatic carbocycles. The highest BCUT2D eigenvalue weighted by Crippen LogP contribution is 2.31. The number of ether oxygens (including phenoxy) is 1. The second kappa shape index (κ2) is 4.58. The Morgan fingerprint density at radius 3 is 3.06 bits per heavy atom. The van der Waals surface area contributed by atoms with Gasteiger partial charge in [0.15, 0.2) is 0 Å². The molecule has 1 aromatic rings. The Kier molecular flexibility index (Phi) is 2.94. The van der Waals surface area contributed by atoms with Crippen LogP contribution in [0.5, 0.6) is 0 Å². The van der Waals surface area contributed by atoms with Gasteiger partial charge in [-0.05, 0) is 19.3 Å². The molecule has 2 heterocycles. The van der Waals surface area contributed by atoms with E-state index in [9.17, 15) is 0 Å². The molecule has 0 bridgehead atoms. The van der Waals surface area contributed by atoms with E-state index in [2.05, 4.69) is 14.9 Å². The van der Waals surface area contributed by atoms with Crippen LogP contribution in [-0.2, 0) is 11.3 Å². The Morgan fingerprint density at radius 2 is 2.29 bits per heavy atom. The maximum Gasteiger partial charge on any atom is 0.147 e. The number of nitrogens with two attached hydrogens (primary N) is 1. The van der Waals surface area contributed by atoms with Gasteiger partial charge in [-0.25, -0.2) is 4.98 Å². The SMILES string of the molecule is NCc1cnc(N2CCOC3CCCC32)cn1. The lowest BCUT2D eigenvalue weighted by Gasteiger charge is -2.38. The Hall–Kier alpha value is -1.20. The van der Waals surface area contributed by atoms with E-state index in [4.69, 9.17) is 10.5 Å². The number of hydrogen-bond acceptors (Lipinski definition) is 5. The molecule has 2 aliphatic rings. The van der Waals surface area contributed by atoms with Crippen LogP contribution in [0.2, 0.25) is 0 Å². The van der Waals surface area contributed by atoms with Crippen molar-refractivity contribution in [2.45, 2.75) is 38.0 Å². The fourth-order valence-corrected chi connectivity index (χ4v) is 2.81. The first-order valence-electron chi connectivity index (χ1n) is 6.28. The number of nitrogens with zero attached hydrogens (tertiary/aromatic N) is 3. The molecule has 2 N–H and O–H groups in total. The van der Waals surface area contributed by atoms with Crippen LogP contribution in [0.3, 0.4) is 0 Å². The number of fused-ring (bicyclic) bond motifs is 1. The lowest BCUT2D eigenvalue weighted by atomic mass is 10.1. The van der Waals surface area contributed by atoms with Gasteiger partial charge in [0.25, 0.3) is 0 Å². The van der Waals surface area contributed by atoms with Crippen molar-refractivity contribution in [2.75, 3.05) is 18.1 Å². The third-order valence-electron chi connectivity index (χ3n) is 3.68. The van der Waals surface area contributed by atoms with E-state index in [-0.39, 0.29) is 0 Å². The van der Waals surface area contributed by atoms with Crippen molar-refractivity contribution < 1.29 is 4.74 Å². The monoisotopic (exact) mass is 234 g/mol. The molecule has 3 rings (SSSR count).